The van der Waals surface area contributed by atoms with Crippen molar-refractivity contribution in [3.05, 3.63) is 35.4 Å². The Morgan fingerprint density at radius 2 is 1.95 bits per heavy atom. The summed E-state index contributed by atoms with van der Waals surface area (Å²) in [5, 5.41) is 7.37. The van der Waals surface area contributed by atoms with Crippen LogP contribution < -0.4 is 5.73 Å². The van der Waals surface area contributed by atoms with E-state index in [1.807, 2.05) is 24.3 Å². The predicted molar refractivity (Wildman–Crippen MR) is 90.6 cm³/mol. The van der Waals surface area contributed by atoms with Gasteiger partial charge in [-0.3, -0.25) is 10.2 Å². The van der Waals surface area contributed by atoms with E-state index in [0.717, 1.165) is 23.5 Å². The van der Waals surface area contributed by atoms with Gasteiger partial charge in [-0.05, 0) is 23.5 Å². The summed E-state index contributed by atoms with van der Waals surface area (Å²) >= 11 is 1.30. The summed E-state index contributed by atoms with van der Waals surface area (Å²) < 4.78 is 0. The Morgan fingerprint density at radius 3 is 2.55 bits per heavy atom. The molecule has 0 bridgehead atoms. The third kappa shape index (κ3) is 6.09. The zero-order valence-electron chi connectivity index (χ0n) is 11.4. The molecule has 1 aliphatic rings. The topological polar surface area (TPSA) is 66.9 Å². The number of benzene rings is 1. The van der Waals surface area contributed by atoms with E-state index in [-0.39, 0.29) is 22.1 Å². The van der Waals surface area contributed by atoms with Gasteiger partial charge in [-0.2, -0.15) is 0 Å². The van der Waals surface area contributed by atoms with Crippen LogP contribution in [0.15, 0.2) is 24.3 Å². The van der Waals surface area contributed by atoms with Gasteiger partial charge >= 0.3 is 0 Å². The maximum atomic E-state index is 12.0. The molecule has 5 heteroatoms. The van der Waals surface area contributed by atoms with Crippen LogP contribution in [0.4, 0.5) is 0 Å². The zero-order valence-corrected chi connectivity index (χ0v) is 14.0. The number of halogens is 1. The van der Waals surface area contributed by atoms with Crippen molar-refractivity contribution in [2.24, 2.45) is 11.7 Å². The van der Waals surface area contributed by atoms with Crippen molar-refractivity contribution < 1.29 is 4.79 Å². The minimum atomic E-state index is 0. The highest BCUT2D eigenvalue weighted by molar-refractivity contribution is 8.93. The lowest BCUT2D eigenvalue weighted by atomic mass is 10.0. The molecule has 110 valence electrons. The molecule has 1 fully saturated rings. The van der Waals surface area contributed by atoms with Gasteiger partial charge < -0.3 is 5.73 Å². The van der Waals surface area contributed by atoms with Crippen molar-refractivity contribution in [3.63, 3.8) is 0 Å². The number of carbonyl (C=O) groups is 1. The van der Waals surface area contributed by atoms with Crippen LogP contribution >= 0.6 is 28.7 Å². The Kier molecular flexibility index (Phi) is 7.30. The standard InChI is InChI=1S/C15H20N2OS.BrH/c16-15(17)19-10-13-4-2-1-3-12(13)9-14(18)8-7-11-5-6-11;/h1-4,11H,5-10H2,(H3,16,17);1H. The number of hydrogen-bond acceptors (Lipinski definition) is 3. The lowest BCUT2D eigenvalue weighted by Crippen LogP contribution is -2.07. The molecule has 3 nitrogen and oxygen atoms in total. The number of ketones is 1. The van der Waals surface area contributed by atoms with E-state index in [4.69, 9.17) is 11.1 Å². The molecule has 20 heavy (non-hydrogen) atoms. The average molecular weight is 357 g/mol. The van der Waals surface area contributed by atoms with Gasteiger partial charge in [0.05, 0.1) is 0 Å². The molecule has 2 rings (SSSR count). The molecular weight excluding hydrogens is 336 g/mol. The van der Waals surface area contributed by atoms with Gasteiger partial charge in [-0.25, -0.2) is 0 Å². The predicted octanol–water partition coefficient (Wildman–Crippen LogP) is 3.69. The number of hydrogen-bond donors (Lipinski definition) is 2. The second kappa shape index (κ2) is 8.47. The number of nitrogens with two attached hydrogens (primary N) is 1. The van der Waals surface area contributed by atoms with Crippen molar-refractivity contribution in [1.29, 1.82) is 5.41 Å². The van der Waals surface area contributed by atoms with Gasteiger partial charge in [0.2, 0.25) is 0 Å². The Balaban J connectivity index is 0.00000200. The number of rotatable bonds is 7. The minimum Gasteiger partial charge on any atom is -0.379 e. The third-order valence-electron chi connectivity index (χ3n) is 3.42. The summed E-state index contributed by atoms with van der Waals surface area (Å²) in [6.07, 6.45) is 4.89. The first-order valence-corrected chi connectivity index (χ1v) is 7.69. The summed E-state index contributed by atoms with van der Waals surface area (Å²) in [5.74, 6) is 1.81. The van der Waals surface area contributed by atoms with E-state index < -0.39 is 0 Å². The van der Waals surface area contributed by atoms with E-state index in [1.54, 1.807) is 0 Å². The van der Waals surface area contributed by atoms with E-state index in [0.29, 0.717) is 24.4 Å². The molecule has 0 aromatic heterocycles. The SMILES string of the molecule is Br.N=C(N)SCc1ccccc1CC(=O)CCC1CC1. The van der Waals surface area contributed by atoms with Crippen LogP contribution in [0.1, 0.15) is 36.8 Å². The molecule has 0 amide bonds. The Bertz CT molecular complexity index is 475. The second-order valence-corrected chi connectivity index (χ2v) is 6.14. The van der Waals surface area contributed by atoms with Crippen molar-refractivity contribution in [3.8, 4) is 0 Å². The van der Waals surface area contributed by atoms with Crippen LogP contribution in [0.25, 0.3) is 0 Å². The molecule has 0 unspecified atom stereocenters. The summed E-state index contributed by atoms with van der Waals surface area (Å²) in [6, 6.07) is 7.95. The van der Waals surface area contributed by atoms with Crippen LogP contribution in [0, 0.1) is 11.3 Å². The Hall–Kier alpha value is -0.810. The van der Waals surface area contributed by atoms with Crippen molar-refractivity contribution in [2.45, 2.75) is 37.9 Å². The van der Waals surface area contributed by atoms with Gasteiger partial charge in [-0.1, -0.05) is 48.9 Å². The normalized spacial score (nSPS) is 13.6. The fraction of sp³-hybridized carbons (Fsp3) is 0.467. The number of Topliss-reactive ketones (excluding diaryl/α,β-unsaturated/α-hetero) is 1. The zero-order chi connectivity index (χ0) is 13.7. The first-order chi connectivity index (χ1) is 9.15. The van der Waals surface area contributed by atoms with Crippen LogP contribution in [0.2, 0.25) is 0 Å². The lowest BCUT2D eigenvalue weighted by Gasteiger charge is -2.08. The molecule has 0 saturated heterocycles. The van der Waals surface area contributed by atoms with Crippen molar-refractivity contribution in [2.75, 3.05) is 0 Å². The average Bonchev–Trinajstić information content (AvgIpc) is 3.19. The summed E-state index contributed by atoms with van der Waals surface area (Å²) in [5.41, 5.74) is 7.55. The largest absolute Gasteiger partial charge is 0.379 e. The summed E-state index contributed by atoms with van der Waals surface area (Å²) in [7, 11) is 0. The van der Waals surface area contributed by atoms with E-state index in [9.17, 15) is 4.79 Å². The number of nitrogens with one attached hydrogen (secondary N) is 1. The Labute approximate surface area is 135 Å². The quantitative estimate of drug-likeness (QED) is 0.578. The second-order valence-electron chi connectivity index (χ2n) is 5.12. The van der Waals surface area contributed by atoms with E-state index in [2.05, 4.69) is 0 Å². The van der Waals surface area contributed by atoms with Crippen molar-refractivity contribution >= 4 is 39.7 Å². The van der Waals surface area contributed by atoms with Crippen LogP contribution in [0.5, 0.6) is 0 Å². The molecule has 0 atom stereocenters. The summed E-state index contributed by atoms with van der Waals surface area (Å²) in [6.45, 7) is 0. The molecule has 0 heterocycles. The summed E-state index contributed by atoms with van der Waals surface area (Å²) in [4.78, 5) is 12.0. The van der Waals surface area contributed by atoms with Gasteiger partial charge in [0.1, 0.15) is 5.78 Å². The smallest absolute Gasteiger partial charge is 0.151 e. The minimum absolute atomic E-state index is 0. The lowest BCUT2D eigenvalue weighted by molar-refractivity contribution is -0.118. The van der Waals surface area contributed by atoms with E-state index >= 15 is 0 Å². The number of carbonyl (C=O) groups excluding carboxylic acids is 1. The Morgan fingerprint density at radius 1 is 1.30 bits per heavy atom. The highest BCUT2D eigenvalue weighted by Gasteiger charge is 2.21. The molecular formula is C15H21BrN2OS. The first kappa shape index (κ1) is 17.2. The number of thioether (sulfide) groups is 1. The maximum Gasteiger partial charge on any atom is 0.151 e. The van der Waals surface area contributed by atoms with Crippen LogP contribution in [0.3, 0.4) is 0 Å². The highest BCUT2D eigenvalue weighted by atomic mass is 79.9. The molecule has 0 aliphatic heterocycles. The highest BCUT2D eigenvalue weighted by Crippen LogP contribution is 2.33. The molecule has 1 aromatic rings. The molecule has 0 spiro atoms. The molecule has 3 N–H and O–H groups in total. The van der Waals surface area contributed by atoms with Crippen molar-refractivity contribution in [1.82, 2.24) is 0 Å². The fourth-order valence-electron chi connectivity index (χ4n) is 2.10. The van der Waals surface area contributed by atoms with Gasteiger partial charge in [0, 0.05) is 18.6 Å². The molecule has 1 aliphatic carbocycles. The molecule has 0 radical (unpaired) electrons. The van der Waals surface area contributed by atoms with Gasteiger partial charge in [0.15, 0.2) is 5.17 Å². The maximum absolute atomic E-state index is 12.0. The first-order valence-electron chi connectivity index (χ1n) is 6.70. The number of amidine groups is 1. The van der Waals surface area contributed by atoms with Gasteiger partial charge in [-0.15, -0.1) is 17.0 Å². The van der Waals surface area contributed by atoms with Crippen LogP contribution in [-0.2, 0) is 17.0 Å². The molecule has 1 aromatic carbocycles. The van der Waals surface area contributed by atoms with E-state index in [1.165, 1.54) is 24.6 Å². The third-order valence-corrected chi connectivity index (χ3v) is 4.18. The monoisotopic (exact) mass is 356 g/mol. The fourth-order valence-corrected chi connectivity index (χ4v) is 2.69. The van der Waals surface area contributed by atoms with Crippen LogP contribution in [-0.4, -0.2) is 11.0 Å². The molecule has 1 saturated carbocycles. The van der Waals surface area contributed by atoms with Gasteiger partial charge in [0.25, 0.3) is 0 Å².